The third kappa shape index (κ3) is 2.52. The van der Waals surface area contributed by atoms with Crippen molar-refractivity contribution in [3.05, 3.63) is 17.0 Å². The molecule has 106 valence electrons. The lowest BCUT2D eigenvalue weighted by Gasteiger charge is -2.27. The highest BCUT2D eigenvalue weighted by Crippen LogP contribution is 2.22. The first-order chi connectivity index (χ1) is 9.54. The van der Waals surface area contributed by atoms with E-state index >= 15 is 0 Å². The van der Waals surface area contributed by atoms with Crippen LogP contribution < -0.4 is 5.32 Å². The van der Waals surface area contributed by atoms with Crippen molar-refractivity contribution in [2.45, 2.75) is 13.0 Å². The summed E-state index contributed by atoms with van der Waals surface area (Å²) in [4.78, 5) is 37.5. The molecule has 0 aromatic carbocycles. The van der Waals surface area contributed by atoms with Gasteiger partial charge >= 0.3 is 12.0 Å². The first-order valence-electron chi connectivity index (χ1n) is 5.89. The summed E-state index contributed by atoms with van der Waals surface area (Å²) >= 11 is 0. The van der Waals surface area contributed by atoms with Crippen molar-refractivity contribution >= 4 is 18.1 Å². The third-order valence-electron chi connectivity index (χ3n) is 3.11. The fraction of sp³-hybridized carbons (Fsp3) is 0.455. The van der Waals surface area contributed by atoms with E-state index in [-0.39, 0.29) is 18.9 Å². The summed E-state index contributed by atoms with van der Waals surface area (Å²) in [7, 11) is 1.68. The van der Waals surface area contributed by atoms with Gasteiger partial charge in [-0.25, -0.2) is 14.4 Å². The molecule has 0 unspecified atom stereocenters. The molecule has 0 bridgehead atoms. The molecule has 0 radical (unpaired) electrons. The van der Waals surface area contributed by atoms with Crippen molar-refractivity contribution in [2.75, 3.05) is 13.2 Å². The summed E-state index contributed by atoms with van der Waals surface area (Å²) in [5.41, 5.74) is 1.32. The van der Waals surface area contributed by atoms with Gasteiger partial charge in [0.05, 0.1) is 6.54 Å². The smallest absolute Gasteiger partial charge is 0.356 e. The van der Waals surface area contributed by atoms with E-state index in [1.165, 1.54) is 15.7 Å². The Morgan fingerprint density at radius 1 is 1.55 bits per heavy atom. The van der Waals surface area contributed by atoms with Crippen LogP contribution in [0.4, 0.5) is 4.79 Å². The predicted octanol–water partition coefficient (Wildman–Crippen LogP) is -0.521. The van der Waals surface area contributed by atoms with Crippen LogP contribution in [0.3, 0.4) is 0 Å². The number of hydrogen-bond acceptors (Lipinski definition) is 5. The molecule has 0 saturated heterocycles. The number of carbonyl (C=O) groups is 2. The van der Waals surface area contributed by atoms with Gasteiger partial charge in [0.1, 0.15) is 6.67 Å². The maximum Gasteiger partial charge on any atom is 0.356 e. The number of fused-ring (bicyclic) bond motifs is 1. The zero-order chi connectivity index (χ0) is 14.7. The Morgan fingerprint density at radius 3 is 2.95 bits per heavy atom. The number of aryl methyl sites for hydroxylation is 1. The molecule has 2 N–H and O–H groups in total. The number of carbonyl (C=O) groups excluding carboxylic acids is 2. The highest BCUT2D eigenvalue weighted by atomic mass is 16.4. The molecule has 1 aromatic rings. The zero-order valence-corrected chi connectivity index (χ0v) is 10.8. The minimum atomic E-state index is -1.12. The lowest BCUT2D eigenvalue weighted by atomic mass is 10.1. The van der Waals surface area contributed by atoms with E-state index in [1.807, 2.05) is 0 Å². The lowest BCUT2D eigenvalue weighted by Crippen LogP contribution is -2.43. The number of amides is 2. The van der Waals surface area contributed by atoms with Crippen molar-refractivity contribution in [2.24, 2.45) is 12.0 Å². The number of urea groups is 1. The maximum atomic E-state index is 11.8. The summed E-state index contributed by atoms with van der Waals surface area (Å²) in [5.74, 6) is -1.12. The number of aliphatic imine (C=N–C) groups is 1. The molecule has 2 rings (SSSR count). The summed E-state index contributed by atoms with van der Waals surface area (Å²) in [6, 6.07) is -0.408. The SMILES string of the molecule is Cn1nc(C(=O)O)c2c1CCN(C(=O)NCN=C=O)C2. The van der Waals surface area contributed by atoms with Gasteiger partial charge in [-0.2, -0.15) is 10.1 Å². The van der Waals surface area contributed by atoms with Crippen LogP contribution in [-0.4, -0.2) is 51.1 Å². The van der Waals surface area contributed by atoms with Crippen LogP contribution in [0, 0.1) is 0 Å². The Bertz CT molecular complexity index is 602. The molecule has 1 aliphatic rings. The lowest BCUT2D eigenvalue weighted by molar-refractivity contribution is 0.0687. The fourth-order valence-corrected chi connectivity index (χ4v) is 2.19. The number of aromatic nitrogens is 2. The van der Waals surface area contributed by atoms with Gasteiger partial charge in [-0.05, 0) is 0 Å². The molecule has 0 saturated carbocycles. The minimum absolute atomic E-state index is 0.0362. The van der Waals surface area contributed by atoms with Crippen LogP contribution >= 0.6 is 0 Å². The van der Waals surface area contributed by atoms with Crippen LogP contribution in [-0.2, 0) is 24.8 Å². The molecule has 0 fully saturated rings. The average molecular weight is 279 g/mol. The van der Waals surface area contributed by atoms with Crippen LogP contribution in [0.5, 0.6) is 0 Å². The van der Waals surface area contributed by atoms with E-state index in [0.717, 1.165) is 5.69 Å². The van der Waals surface area contributed by atoms with Gasteiger partial charge in [0.15, 0.2) is 5.69 Å². The number of hydrogen-bond donors (Lipinski definition) is 2. The zero-order valence-electron chi connectivity index (χ0n) is 10.8. The molecule has 20 heavy (non-hydrogen) atoms. The second-order valence-corrected chi connectivity index (χ2v) is 4.26. The Labute approximate surface area is 113 Å². The normalized spacial score (nSPS) is 13.3. The van der Waals surface area contributed by atoms with Crippen molar-refractivity contribution in [3.8, 4) is 0 Å². The molecular formula is C11H13N5O4. The summed E-state index contributed by atoms with van der Waals surface area (Å²) in [6.07, 6.45) is 1.84. The number of isocyanates is 1. The van der Waals surface area contributed by atoms with Crippen molar-refractivity contribution in [1.82, 2.24) is 20.0 Å². The molecule has 1 aromatic heterocycles. The van der Waals surface area contributed by atoms with Crippen molar-refractivity contribution in [1.29, 1.82) is 0 Å². The monoisotopic (exact) mass is 279 g/mol. The van der Waals surface area contributed by atoms with E-state index in [2.05, 4.69) is 15.4 Å². The van der Waals surface area contributed by atoms with Gasteiger partial charge in [-0.1, -0.05) is 0 Å². The fourth-order valence-electron chi connectivity index (χ4n) is 2.19. The highest BCUT2D eigenvalue weighted by molar-refractivity contribution is 5.87. The van der Waals surface area contributed by atoms with Gasteiger partial charge in [-0.15, -0.1) is 0 Å². The number of carboxylic acid groups (broad SMARTS) is 1. The van der Waals surface area contributed by atoms with Crippen LogP contribution in [0.1, 0.15) is 21.7 Å². The van der Waals surface area contributed by atoms with E-state index in [1.54, 1.807) is 7.05 Å². The predicted molar refractivity (Wildman–Crippen MR) is 65.8 cm³/mol. The first-order valence-corrected chi connectivity index (χ1v) is 5.89. The van der Waals surface area contributed by atoms with Crippen LogP contribution in [0.25, 0.3) is 0 Å². The van der Waals surface area contributed by atoms with E-state index in [9.17, 15) is 14.4 Å². The second kappa shape index (κ2) is 5.54. The number of aromatic carboxylic acids is 1. The molecular weight excluding hydrogens is 266 g/mol. The van der Waals surface area contributed by atoms with Gasteiger partial charge < -0.3 is 15.3 Å². The summed E-state index contributed by atoms with van der Waals surface area (Å²) in [5, 5.41) is 15.5. The number of nitrogens with zero attached hydrogens (tertiary/aromatic N) is 4. The average Bonchev–Trinajstić information content (AvgIpc) is 2.76. The Kier molecular flexibility index (Phi) is 3.81. The summed E-state index contributed by atoms with van der Waals surface area (Å²) in [6.45, 7) is 0.466. The van der Waals surface area contributed by atoms with Crippen LogP contribution in [0.2, 0.25) is 0 Å². The maximum absolute atomic E-state index is 11.8. The Hall–Kier alpha value is -2.67. The standard InChI is InChI=1S/C11H13N5O4/c1-15-8-2-3-16(11(20)13-5-12-6-17)4-7(8)9(14-15)10(18)19/h2-5H2,1H3,(H,13,20)(H,18,19). The van der Waals surface area contributed by atoms with E-state index in [0.29, 0.717) is 18.5 Å². The van der Waals surface area contributed by atoms with Gasteiger partial charge in [0, 0.05) is 31.3 Å². The quantitative estimate of drug-likeness (QED) is 0.570. The first kappa shape index (κ1) is 13.8. The minimum Gasteiger partial charge on any atom is -0.476 e. The van der Waals surface area contributed by atoms with Gasteiger partial charge in [0.25, 0.3) is 0 Å². The molecule has 2 heterocycles. The molecule has 0 aliphatic carbocycles. The van der Waals surface area contributed by atoms with Gasteiger partial charge in [0.2, 0.25) is 6.08 Å². The molecule has 1 aliphatic heterocycles. The molecule has 9 heteroatoms. The molecule has 0 spiro atoms. The second-order valence-electron chi connectivity index (χ2n) is 4.26. The molecule has 2 amide bonds. The largest absolute Gasteiger partial charge is 0.476 e. The Balaban J connectivity index is 2.15. The molecule has 9 nitrogen and oxygen atoms in total. The van der Waals surface area contributed by atoms with Gasteiger partial charge in [-0.3, -0.25) is 4.68 Å². The van der Waals surface area contributed by atoms with E-state index < -0.39 is 12.0 Å². The Morgan fingerprint density at radius 2 is 2.30 bits per heavy atom. The van der Waals surface area contributed by atoms with Crippen molar-refractivity contribution < 1.29 is 19.5 Å². The summed E-state index contributed by atoms with van der Waals surface area (Å²) < 4.78 is 1.53. The molecule has 0 atom stereocenters. The van der Waals surface area contributed by atoms with Crippen molar-refractivity contribution in [3.63, 3.8) is 0 Å². The highest BCUT2D eigenvalue weighted by Gasteiger charge is 2.28. The third-order valence-corrected chi connectivity index (χ3v) is 3.11. The van der Waals surface area contributed by atoms with Crippen LogP contribution in [0.15, 0.2) is 4.99 Å². The van der Waals surface area contributed by atoms with E-state index in [4.69, 9.17) is 5.11 Å². The topological polar surface area (TPSA) is 117 Å². The number of carboxylic acids is 1. The number of rotatable bonds is 3. The number of nitrogens with one attached hydrogen (secondary N) is 1.